The van der Waals surface area contributed by atoms with E-state index >= 15 is 0 Å². The van der Waals surface area contributed by atoms with E-state index in [0.717, 1.165) is 5.69 Å². The Kier molecular flexibility index (Phi) is 3.17. The number of carbonyl (C=O) groups is 2. The summed E-state index contributed by atoms with van der Waals surface area (Å²) < 4.78 is 0. The number of nitrogens with zero attached hydrogens (tertiary/aromatic N) is 2. The van der Waals surface area contributed by atoms with E-state index in [9.17, 15) is 9.59 Å². The summed E-state index contributed by atoms with van der Waals surface area (Å²) in [5, 5.41) is 2.77. The van der Waals surface area contributed by atoms with Gasteiger partial charge >= 0.3 is 0 Å². The first-order valence-electron chi connectivity index (χ1n) is 6.71. The molecule has 0 fully saturated rings. The molecular formula is C16H15N3O2. The Bertz CT molecular complexity index is 740. The van der Waals surface area contributed by atoms with Crippen LogP contribution >= 0.6 is 0 Å². The minimum Gasteiger partial charge on any atom is -0.323 e. The van der Waals surface area contributed by atoms with Crippen LogP contribution in [0.3, 0.4) is 0 Å². The third kappa shape index (κ3) is 2.38. The van der Waals surface area contributed by atoms with Crippen LogP contribution in [0.25, 0.3) is 0 Å². The minimum absolute atomic E-state index is 0.0170. The number of anilines is 2. The standard InChI is InChI=1S/C16H15N3O2/c1-10-7-8-12(11(2)17-10)16(21)19-9-15(20)18-13-5-3-4-6-14(13)19/h3-8H,9H2,1-2H3,(H,18,20). The lowest BCUT2D eigenvalue weighted by Gasteiger charge is -2.29. The molecule has 0 spiro atoms. The van der Waals surface area contributed by atoms with E-state index < -0.39 is 0 Å². The van der Waals surface area contributed by atoms with E-state index in [2.05, 4.69) is 10.3 Å². The van der Waals surface area contributed by atoms with Gasteiger partial charge < -0.3 is 5.32 Å². The van der Waals surface area contributed by atoms with E-state index in [1.54, 1.807) is 25.1 Å². The van der Waals surface area contributed by atoms with Crippen LogP contribution in [0.15, 0.2) is 36.4 Å². The highest BCUT2D eigenvalue weighted by molar-refractivity contribution is 6.15. The normalized spacial score (nSPS) is 13.6. The molecule has 1 aliphatic rings. The average Bonchev–Trinajstić information content (AvgIpc) is 2.45. The summed E-state index contributed by atoms with van der Waals surface area (Å²) in [5.74, 6) is -0.401. The molecule has 0 bridgehead atoms. The van der Waals surface area contributed by atoms with Gasteiger partial charge in [0.05, 0.1) is 22.6 Å². The number of hydrogen-bond acceptors (Lipinski definition) is 3. The van der Waals surface area contributed by atoms with Gasteiger partial charge in [-0.1, -0.05) is 12.1 Å². The molecule has 1 N–H and O–H groups in total. The molecule has 5 nitrogen and oxygen atoms in total. The van der Waals surface area contributed by atoms with E-state index in [0.29, 0.717) is 22.6 Å². The average molecular weight is 281 g/mol. The Hall–Kier alpha value is -2.69. The minimum atomic E-state index is -0.206. The number of nitrogens with one attached hydrogen (secondary N) is 1. The maximum Gasteiger partial charge on any atom is 0.260 e. The Labute approximate surface area is 122 Å². The van der Waals surface area contributed by atoms with Crippen molar-refractivity contribution in [3.8, 4) is 0 Å². The first-order valence-corrected chi connectivity index (χ1v) is 6.71. The van der Waals surface area contributed by atoms with Crippen molar-refractivity contribution in [3.63, 3.8) is 0 Å². The zero-order chi connectivity index (χ0) is 15.0. The van der Waals surface area contributed by atoms with Crippen molar-refractivity contribution in [2.75, 3.05) is 16.8 Å². The van der Waals surface area contributed by atoms with Gasteiger partial charge in [-0.25, -0.2) is 0 Å². The monoisotopic (exact) mass is 281 g/mol. The largest absolute Gasteiger partial charge is 0.323 e. The lowest BCUT2D eigenvalue weighted by Crippen LogP contribution is -2.42. The highest BCUT2D eigenvalue weighted by atomic mass is 16.2. The predicted molar refractivity (Wildman–Crippen MR) is 80.5 cm³/mol. The molecule has 2 heterocycles. The van der Waals surface area contributed by atoms with Gasteiger partial charge in [0.15, 0.2) is 0 Å². The molecular weight excluding hydrogens is 266 g/mol. The quantitative estimate of drug-likeness (QED) is 0.872. The van der Waals surface area contributed by atoms with Gasteiger partial charge in [-0.2, -0.15) is 0 Å². The van der Waals surface area contributed by atoms with Crippen LogP contribution in [0.4, 0.5) is 11.4 Å². The van der Waals surface area contributed by atoms with Gasteiger partial charge in [0.1, 0.15) is 6.54 Å². The molecule has 21 heavy (non-hydrogen) atoms. The number of carbonyl (C=O) groups excluding carboxylic acids is 2. The van der Waals surface area contributed by atoms with Gasteiger partial charge in [0.2, 0.25) is 5.91 Å². The number of rotatable bonds is 1. The Balaban J connectivity index is 2.04. The van der Waals surface area contributed by atoms with Crippen LogP contribution < -0.4 is 10.2 Å². The van der Waals surface area contributed by atoms with Crippen molar-refractivity contribution in [2.45, 2.75) is 13.8 Å². The highest BCUT2D eigenvalue weighted by Gasteiger charge is 2.28. The Morgan fingerprint density at radius 2 is 1.95 bits per heavy atom. The first-order chi connectivity index (χ1) is 10.1. The van der Waals surface area contributed by atoms with E-state index in [-0.39, 0.29) is 18.4 Å². The van der Waals surface area contributed by atoms with Crippen LogP contribution in [-0.2, 0) is 4.79 Å². The topological polar surface area (TPSA) is 62.3 Å². The number of aromatic nitrogens is 1. The number of benzene rings is 1. The van der Waals surface area contributed by atoms with Crippen molar-refractivity contribution in [3.05, 3.63) is 53.3 Å². The molecule has 0 saturated heterocycles. The second kappa shape index (κ2) is 5.01. The van der Waals surface area contributed by atoms with E-state index in [1.807, 2.05) is 25.1 Å². The van der Waals surface area contributed by atoms with Gasteiger partial charge in [0, 0.05) is 5.69 Å². The van der Waals surface area contributed by atoms with Crippen LogP contribution in [0.5, 0.6) is 0 Å². The molecule has 2 amide bonds. The predicted octanol–water partition coefficient (Wildman–Crippen LogP) is 2.30. The fourth-order valence-corrected chi connectivity index (χ4v) is 2.47. The van der Waals surface area contributed by atoms with Crippen molar-refractivity contribution >= 4 is 23.2 Å². The first kappa shape index (κ1) is 13.3. The van der Waals surface area contributed by atoms with Crippen LogP contribution in [-0.4, -0.2) is 23.3 Å². The lowest BCUT2D eigenvalue weighted by atomic mass is 10.1. The lowest BCUT2D eigenvalue weighted by molar-refractivity contribution is -0.115. The maximum atomic E-state index is 12.7. The molecule has 0 saturated carbocycles. The molecule has 0 aliphatic carbocycles. The maximum absolute atomic E-state index is 12.7. The van der Waals surface area contributed by atoms with Crippen LogP contribution in [0.1, 0.15) is 21.7 Å². The third-order valence-corrected chi connectivity index (χ3v) is 3.47. The van der Waals surface area contributed by atoms with Crippen molar-refractivity contribution in [2.24, 2.45) is 0 Å². The molecule has 0 unspecified atom stereocenters. The fraction of sp³-hybridized carbons (Fsp3) is 0.188. The molecule has 1 aromatic heterocycles. The summed E-state index contributed by atoms with van der Waals surface area (Å²) in [6, 6.07) is 10.8. The van der Waals surface area contributed by atoms with E-state index in [1.165, 1.54) is 4.90 Å². The molecule has 5 heteroatoms. The SMILES string of the molecule is Cc1ccc(C(=O)N2CC(=O)Nc3ccccc32)c(C)n1. The third-order valence-electron chi connectivity index (χ3n) is 3.47. The molecule has 106 valence electrons. The highest BCUT2D eigenvalue weighted by Crippen LogP contribution is 2.30. The smallest absolute Gasteiger partial charge is 0.260 e. The van der Waals surface area contributed by atoms with Gasteiger partial charge in [-0.05, 0) is 38.1 Å². The van der Waals surface area contributed by atoms with E-state index in [4.69, 9.17) is 0 Å². The number of pyridine rings is 1. The number of fused-ring (bicyclic) bond motifs is 1. The van der Waals surface area contributed by atoms with Crippen molar-refractivity contribution in [1.82, 2.24) is 4.98 Å². The van der Waals surface area contributed by atoms with Crippen molar-refractivity contribution < 1.29 is 9.59 Å². The molecule has 0 atom stereocenters. The zero-order valence-electron chi connectivity index (χ0n) is 11.9. The number of aryl methyl sites for hydroxylation is 2. The summed E-state index contributed by atoms with van der Waals surface area (Å²) in [7, 11) is 0. The number of amides is 2. The Morgan fingerprint density at radius 1 is 1.19 bits per heavy atom. The van der Waals surface area contributed by atoms with Crippen LogP contribution in [0.2, 0.25) is 0 Å². The number of hydrogen-bond donors (Lipinski definition) is 1. The van der Waals surface area contributed by atoms with Gasteiger partial charge in [-0.3, -0.25) is 19.5 Å². The zero-order valence-corrected chi connectivity index (χ0v) is 11.9. The molecule has 2 aromatic rings. The summed E-state index contributed by atoms with van der Waals surface area (Å²) in [6.45, 7) is 3.70. The molecule has 3 rings (SSSR count). The molecule has 0 radical (unpaired) electrons. The Morgan fingerprint density at radius 3 is 2.71 bits per heavy atom. The number of para-hydroxylation sites is 2. The van der Waals surface area contributed by atoms with Gasteiger partial charge in [-0.15, -0.1) is 0 Å². The second-order valence-corrected chi connectivity index (χ2v) is 5.04. The van der Waals surface area contributed by atoms with Crippen molar-refractivity contribution in [1.29, 1.82) is 0 Å². The summed E-state index contributed by atoms with van der Waals surface area (Å²) in [5.41, 5.74) is 3.41. The summed E-state index contributed by atoms with van der Waals surface area (Å²) >= 11 is 0. The summed E-state index contributed by atoms with van der Waals surface area (Å²) in [6.07, 6.45) is 0. The fourth-order valence-electron chi connectivity index (χ4n) is 2.47. The summed E-state index contributed by atoms with van der Waals surface area (Å²) in [4.78, 5) is 30.3. The molecule has 1 aromatic carbocycles. The van der Waals surface area contributed by atoms with Gasteiger partial charge in [0.25, 0.3) is 5.91 Å². The van der Waals surface area contributed by atoms with Crippen LogP contribution in [0, 0.1) is 13.8 Å². The molecule has 1 aliphatic heterocycles. The second-order valence-electron chi connectivity index (χ2n) is 5.04.